The molecular formula is C30H33ClN4O6. The predicted octanol–water partition coefficient (Wildman–Crippen LogP) is 4.17. The van der Waals surface area contributed by atoms with E-state index in [9.17, 15) is 14.7 Å². The lowest BCUT2D eigenvalue weighted by Crippen LogP contribution is -2.50. The van der Waals surface area contributed by atoms with Crippen molar-refractivity contribution in [3.8, 4) is 23.0 Å². The number of rotatable bonds is 9. The van der Waals surface area contributed by atoms with Crippen molar-refractivity contribution in [1.29, 1.82) is 0 Å². The number of aryl methyl sites for hydroxylation is 1. The minimum absolute atomic E-state index is 0.0600. The van der Waals surface area contributed by atoms with Crippen LogP contribution < -0.4 is 24.5 Å². The monoisotopic (exact) mass is 580 g/mol. The molecule has 0 atom stereocenters. The van der Waals surface area contributed by atoms with Gasteiger partial charge in [-0.3, -0.25) is 9.59 Å². The number of carbonyl (C=O) groups excluding carboxylic acids is 2. The van der Waals surface area contributed by atoms with Crippen LogP contribution >= 0.6 is 11.6 Å². The summed E-state index contributed by atoms with van der Waals surface area (Å²) in [6.45, 7) is 6.74. The number of piperazine rings is 1. The maximum atomic E-state index is 13.0. The predicted molar refractivity (Wildman–Crippen MR) is 158 cm³/mol. The van der Waals surface area contributed by atoms with Gasteiger partial charge in [-0.25, -0.2) is 5.43 Å². The second kappa shape index (κ2) is 13.3. The fourth-order valence-electron chi connectivity index (χ4n) is 4.50. The Hall–Kier alpha value is -4.44. The fourth-order valence-corrected chi connectivity index (χ4v) is 4.68. The Labute approximate surface area is 244 Å². The number of methoxy groups -OCH3 is 2. The average Bonchev–Trinajstić information content (AvgIpc) is 2.98. The minimum Gasteiger partial charge on any atom is -0.506 e. The summed E-state index contributed by atoms with van der Waals surface area (Å²) in [4.78, 5) is 29.4. The first-order chi connectivity index (χ1) is 19.7. The molecule has 0 radical (unpaired) electrons. The Kier molecular flexibility index (Phi) is 9.57. The average molecular weight is 581 g/mol. The zero-order valence-corrected chi connectivity index (χ0v) is 24.2. The van der Waals surface area contributed by atoms with E-state index >= 15 is 0 Å². The maximum Gasteiger partial charge on any atom is 0.271 e. The van der Waals surface area contributed by atoms with Gasteiger partial charge in [0.2, 0.25) is 5.75 Å². The molecule has 0 aliphatic carbocycles. The number of aromatic hydroxyl groups is 1. The molecule has 10 nitrogen and oxygen atoms in total. The zero-order valence-electron chi connectivity index (χ0n) is 23.4. The number of hydrazone groups is 1. The molecule has 0 bridgehead atoms. The van der Waals surface area contributed by atoms with E-state index in [0.717, 1.165) is 13.1 Å². The van der Waals surface area contributed by atoms with Crippen LogP contribution in [0.1, 0.15) is 27.0 Å². The van der Waals surface area contributed by atoms with Crippen molar-refractivity contribution in [2.24, 2.45) is 5.10 Å². The van der Waals surface area contributed by atoms with Gasteiger partial charge in [0.05, 0.1) is 25.5 Å². The molecule has 216 valence electrons. The lowest BCUT2D eigenvalue weighted by atomic mass is 10.1. The quantitative estimate of drug-likeness (QED) is 0.288. The van der Waals surface area contributed by atoms with Crippen molar-refractivity contribution in [3.63, 3.8) is 0 Å². The molecule has 1 aliphatic heterocycles. The summed E-state index contributed by atoms with van der Waals surface area (Å²) in [5.74, 6) is 0.223. The molecule has 1 heterocycles. The van der Waals surface area contributed by atoms with Gasteiger partial charge in [-0.2, -0.15) is 5.10 Å². The summed E-state index contributed by atoms with van der Waals surface area (Å²) >= 11 is 5.86. The lowest BCUT2D eigenvalue weighted by molar-refractivity contribution is -0.133. The zero-order chi connectivity index (χ0) is 29.5. The Bertz CT molecular complexity index is 1430. The first kappa shape index (κ1) is 29.5. The van der Waals surface area contributed by atoms with Crippen molar-refractivity contribution < 1.29 is 28.9 Å². The molecule has 2 N–H and O–H groups in total. The van der Waals surface area contributed by atoms with Gasteiger partial charge in [0.1, 0.15) is 5.75 Å². The van der Waals surface area contributed by atoms with Crippen molar-refractivity contribution in [2.45, 2.75) is 13.8 Å². The van der Waals surface area contributed by atoms with E-state index in [1.165, 1.54) is 55.4 Å². The summed E-state index contributed by atoms with van der Waals surface area (Å²) < 4.78 is 16.9. The number of hydrogen-bond donors (Lipinski definition) is 2. The summed E-state index contributed by atoms with van der Waals surface area (Å²) in [5.41, 5.74) is 6.91. The van der Waals surface area contributed by atoms with Gasteiger partial charge in [0, 0.05) is 43.0 Å². The molecule has 1 aliphatic rings. The van der Waals surface area contributed by atoms with E-state index in [1.807, 2.05) is 0 Å². The summed E-state index contributed by atoms with van der Waals surface area (Å²) in [5, 5.41) is 13.6. The highest BCUT2D eigenvalue weighted by molar-refractivity contribution is 6.32. The minimum atomic E-state index is -0.504. The molecule has 11 heteroatoms. The van der Waals surface area contributed by atoms with Crippen molar-refractivity contribution in [2.75, 3.05) is 51.9 Å². The molecule has 3 aromatic carbocycles. The van der Waals surface area contributed by atoms with Crippen LogP contribution in [0.15, 0.2) is 53.6 Å². The van der Waals surface area contributed by atoms with Crippen LogP contribution in [0.5, 0.6) is 23.0 Å². The Morgan fingerprint density at radius 2 is 1.71 bits per heavy atom. The molecule has 0 saturated carbocycles. The number of amides is 2. The first-order valence-corrected chi connectivity index (χ1v) is 13.4. The summed E-state index contributed by atoms with van der Waals surface area (Å²) in [7, 11) is 2.96. The highest BCUT2D eigenvalue weighted by Gasteiger charge is 2.24. The fraction of sp³-hybridized carbons (Fsp3) is 0.300. The molecule has 3 aromatic rings. The van der Waals surface area contributed by atoms with E-state index in [2.05, 4.69) is 47.5 Å². The third kappa shape index (κ3) is 7.01. The van der Waals surface area contributed by atoms with Crippen LogP contribution in [0.3, 0.4) is 0 Å². The van der Waals surface area contributed by atoms with Gasteiger partial charge in [0.15, 0.2) is 18.1 Å². The van der Waals surface area contributed by atoms with Gasteiger partial charge in [0.25, 0.3) is 11.8 Å². The van der Waals surface area contributed by atoms with E-state index in [-0.39, 0.29) is 34.6 Å². The molecule has 0 aromatic heterocycles. The number of benzene rings is 3. The molecule has 0 spiro atoms. The number of phenolic OH excluding ortho intramolecular Hbond substituents is 1. The van der Waals surface area contributed by atoms with Crippen molar-refractivity contribution >= 4 is 35.3 Å². The number of halogens is 1. The van der Waals surface area contributed by atoms with Gasteiger partial charge in [-0.05, 0) is 61.4 Å². The topological polar surface area (TPSA) is 113 Å². The molecular weight excluding hydrogens is 548 g/mol. The van der Waals surface area contributed by atoms with Gasteiger partial charge in [-0.1, -0.05) is 23.7 Å². The van der Waals surface area contributed by atoms with Gasteiger partial charge < -0.3 is 29.1 Å². The van der Waals surface area contributed by atoms with Crippen LogP contribution in [0.4, 0.5) is 5.69 Å². The highest BCUT2D eigenvalue weighted by Crippen LogP contribution is 2.38. The number of phenols is 1. The maximum absolute atomic E-state index is 13.0. The molecule has 1 saturated heterocycles. The number of nitrogens with zero attached hydrogens (tertiary/aromatic N) is 3. The summed E-state index contributed by atoms with van der Waals surface area (Å²) in [6, 6.07) is 13.7. The van der Waals surface area contributed by atoms with Crippen molar-refractivity contribution in [3.05, 3.63) is 75.8 Å². The van der Waals surface area contributed by atoms with Crippen LogP contribution in [0.25, 0.3) is 0 Å². The molecule has 0 unspecified atom stereocenters. The number of carbonyl (C=O) groups is 2. The number of nitrogens with one attached hydrogen (secondary N) is 1. The van der Waals surface area contributed by atoms with E-state index < -0.39 is 5.91 Å². The standard InChI is InChI=1S/C30H33ClN4O6/c1-19-6-5-7-24(20(19)2)34-10-12-35(13-11-34)28(37)18-41-29-26(39-3)14-21(15-27(29)40-4)17-32-33-30(38)22-8-9-25(36)23(31)16-22/h5-9,14-17,36H,10-13,18H2,1-4H3,(H,33,38)/b32-17+. The first-order valence-electron chi connectivity index (χ1n) is 13.0. The normalized spacial score (nSPS) is 13.3. The lowest BCUT2D eigenvalue weighted by Gasteiger charge is -2.37. The molecule has 2 amide bonds. The van der Waals surface area contributed by atoms with Gasteiger partial charge in [-0.15, -0.1) is 0 Å². The van der Waals surface area contributed by atoms with Crippen LogP contribution in [0.2, 0.25) is 5.02 Å². The van der Waals surface area contributed by atoms with Crippen molar-refractivity contribution in [1.82, 2.24) is 10.3 Å². The largest absolute Gasteiger partial charge is 0.506 e. The Morgan fingerprint density at radius 1 is 1.02 bits per heavy atom. The van der Waals surface area contributed by atoms with E-state index in [4.69, 9.17) is 25.8 Å². The van der Waals surface area contributed by atoms with Crippen LogP contribution in [-0.2, 0) is 4.79 Å². The molecule has 41 heavy (non-hydrogen) atoms. The van der Waals surface area contributed by atoms with E-state index in [1.54, 1.807) is 17.0 Å². The van der Waals surface area contributed by atoms with Crippen LogP contribution in [-0.4, -0.2) is 75.0 Å². The van der Waals surface area contributed by atoms with E-state index in [0.29, 0.717) is 30.2 Å². The Balaban J connectivity index is 1.36. The SMILES string of the molecule is COc1cc(/C=N/NC(=O)c2ccc(O)c(Cl)c2)cc(OC)c1OCC(=O)N1CCN(c2cccc(C)c2C)CC1. The van der Waals surface area contributed by atoms with Crippen LogP contribution in [0, 0.1) is 13.8 Å². The Morgan fingerprint density at radius 3 is 2.34 bits per heavy atom. The number of hydrogen-bond acceptors (Lipinski definition) is 8. The second-order valence-corrected chi connectivity index (χ2v) is 9.90. The second-order valence-electron chi connectivity index (χ2n) is 9.50. The number of ether oxygens (including phenoxy) is 3. The highest BCUT2D eigenvalue weighted by atomic mass is 35.5. The van der Waals surface area contributed by atoms with Gasteiger partial charge >= 0.3 is 0 Å². The molecule has 1 fully saturated rings. The smallest absolute Gasteiger partial charge is 0.271 e. The number of anilines is 1. The third-order valence-electron chi connectivity index (χ3n) is 6.96. The summed E-state index contributed by atoms with van der Waals surface area (Å²) in [6.07, 6.45) is 1.41. The third-order valence-corrected chi connectivity index (χ3v) is 7.26. The molecule has 4 rings (SSSR count).